The van der Waals surface area contributed by atoms with Crippen LogP contribution < -0.4 is 5.32 Å². The van der Waals surface area contributed by atoms with Crippen molar-refractivity contribution >= 4 is 22.9 Å². The Hall–Kier alpha value is -0.810. The van der Waals surface area contributed by atoms with Gasteiger partial charge in [0.15, 0.2) is 0 Å². The quantitative estimate of drug-likeness (QED) is 0.816. The summed E-state index contributed by atoms with van der Waals surface area (Å²) in [6, 6.07) is 7.60. The predicted octanol–water partition coefficient (Wildman–Crippen LogP) is 3.83. The predicted molar refractivity (Wildman–Crippen MR) is 78.8 cm³/mol. The van der Waals surface area contributed by atoms with Gasteiger partial charge in [0.1, 0.15) is 11.8 Å². The average Bonchev–Trinajstić information content (AvgIpc) is 3.02. The molecule has 2 atom stereocenters. The maximum atomic E-state index is 9.83. The van der Waals surface area contributed by atoms with Gasteiger partial charge >= 0.3 is 0 Å². The largest absolute Gasteiger partial charge is 0.467 e. The number of aliphatic hydroxyl groups is 1. The fourth-order valence-electron chi connectivity index (χ4n) is 1.97. The molecule has 0 aliphatic carbocycles. The van der Waals surface area contributed by atoms with Crippen molar-refractivity contribution in [3.8, 4) is 0 Å². The molecule has 2 rings (SSSR count). The van der Waals surface area contributed by atoms with E-state index in [1.165, 1.54) is 11.3 Å². The first kappa shape index (κ1) is 14.6. The Morgan fingerprint density at radius 2 is 2.26 bits per heavy atom. The maximum absolute atomic E-state index is 9.83. The molecule has 0 aliphatic heterocycles. The van der Waals surface area contributed by atoms with Crippen molar-refractivity contribution in [1.29, 1.82) is 0 Å². The molecule has 0 aliphatic rings. The SMILES string of the molecule is CCCC(O)CNC(c1ccco1)c1ccc(Cl)s1. The summed E-state index contributed by atoms with van der Waals surface area (Å²) in [4.78, 5) is 1.09. The summed E-state index contributed by atoms with van der Waals surface area (Å²) in [5.41, 5.74) is 0. The molecular weight excluding hydrogens is 282 g/mol. The Morgan fingerprint density at radius 1 is 1.42 bits per heavy atom. The molecule has 2 aromatic heterocycles. The normalized spacial score (nSPS) is 14.5. The second-order valence-corrected chi connectivity index (χ2v) is 6.19. The lowest BCUT2D eigenvalue weighted by atomic mass is 10.1. The number of rotatable bonds is 7. The zero-order valence-corrected chi connectivity index (χ0v) is 12.4. The number of aliphatic hydroxyl groups excluding tert-OH is 1. The number of halogens is 1. The number of thiophene rings is 1. The highest BCUT2D eigenvalue weighted by molar-refractivity contribution is 7.16. The molecule has 104 valence electrons. The van der Waals surface area contributed by atoms with Crippen molar-refractivity contribution in [3.05, 3.63) is 45.5 Å². The summed E-state index contributed by atoms with van der Waals surface area (Å²) in [6.07, 6.45) is 3.09. The van der Waals surface area contributed by atoms with E-state index >= 15 is 0 Å². The molecule has 0 saturated heterocycles. The first-order valence-corrected chi connectivity index (χ1v) is 7.60. The average molecular weight is 300 g/mol. The van der Waals surface area contributed by atoms with Gasteiger partial charge in [-0.2, -0.15) is 0 Å². The van der Waals surface area contributed by atoms with E-state index in [-0.39, 0.29) is 12.1 Å². The molecule has 2 unspecified atom stereocenters. The lowest BCUT2D eigenvalue weighted by Crippen LogP contribution is -2.30. The van der Waals surface area contributed by atoms with Crippen LogP contribution in [0.3, 0.4) is 0 Å². The minimum absolute atomic E-state index is 0.0565. The minimum atomic E-state index is -0.335. The molecule has 0 radical (unpaired) electrons. The van der Waals surface area contributed by atoms with Gasteiger partial charge in [-0.15, -0.1) is 11.3 Å². The smallest absolute Gasteiger partial charge is 0.126 e. The number of hydrogen-bond donors (Lipinski definition) is 2. The van der Waals surface area contributed by atoms with E-state index < -0.39 is 0 Å². The lowest BCUT2D eigenvalue weighted by molar-refractivity contribution is 0.157. The molecule has 5 heteroatoms. The molecule has 2 aromatic rings. The van der Waals surface area contributed by atoms with Gasteiger partial charge in [-0.1, -0.05) is 24.9 Å². The zero-order chi connectivity index (χ0) is 13.7. The van der Waals surface area contributed by atoms with Crippen LogP contribution in [0.2, 0.25) is 4.34 Å². The van der Waals surface area contributed by atoms with Crippen molar-refractivity contribution in [2.24, 2.45) is 0 Å². The fraction of sp³-hybridized carbons (Fsp3) is 0.429. The third-order valence-electron chi connectivity index (χ3n) is 2.89. The lowest BCUT2D eigenvalue weighted by Gasteiger charge is -2.17. The molecule has 3 nitrogen and oxygen atoms in total. The van der Waals surface area contributed by atoms with E-state index in [1.807, 2.05) is 24.3 Å². The van der Waals surface area contributed by atoms with Gasteiger partial charge in [-0.05, 0) is 30.7 Å². The maximum Gasteiger partial charge on any atom is 0.126 e. The molecule has 0 spiro atoms. The Morgan fingerprint density at radius 3 is 2.84 bits per heavy atom. The van der Waals surface area contributed by atoms with E-state index in [0.29, 0.717) is 6.54 Å². The van der Waals surface area contributed by atoms with E-state index in [1.54, 1.807) is 6.26 Å². The van der Waals surface area contributed by atoms with Crippen molar-refractivity contribution in [1.82, 2.24) is 5.32 Å². The second-order valence-electron chi connectivity index (χ2n) is 4.44. The Labute approximate surface area is 122 Å². The van der Waals surface area contributed by atoms with Crippen LogP contribution in [0.5, 0.6) is 0 Å². The van der Waals surface area contributed by atoms with Gasteiger partial charge in [0.05, 0.1) is 16.7 Å². The molecule has 2 heterocycles. The van der Waals surface area contributed by atoms with Crippen molar-refractivity contribution < 1.29 is 9.52 Å². The molecular formula is C14H18ClNO2S. The van der Waals surface area contributed by atoms with Crippen molar-refractivity contribution in [2.75, 3.05) is 6.54 Å². The summed E-state index contributed by atoms with van der Waals surface area (Å²) >= 11 is 7.51. The van der Waals surface area contributed by atoms with Crippen molar-refractivity contribution in [3.63, 3.8) is 0 Å². The highest BCUT2D eigenvalue weighted by Crippen LogP contribution is 2.31. The fourth-order valence-corrected chi connectivity index (χ4v) is 3.11. The first-order valence-electron chi connectivity index (χ1n) is 6.40. The standard InChI is InChI=1S/C14H18ClNO2S/c1-2-4-10(17)9-16-14(11-5-3-8-18-11)12-6-7-13(15)19-12/h3,5-8,10,14,16-17H,2,4,9H2,1H3. The zero-order valence-electron chi connectivity index (χ0n) is 10.8. The van der Waals surface area contributed by atoms with Gasteiger partial charge in [-0.25, -0.2) is 0 Å². The highest BCUT2D eigenvalue weighted by atomic mass is 35.5. The van der Waals surface area contributed by atoms with E-state index in [2.05, 4.69) is 12.2 Å². The van der Waals surface area contributed by atoms with Crippen molar-refractivity contribution in [2.45, 2.75) is 31.9 Å². The number of nitrogens with one attached hydrogen (secondary N) is 1. The molecule has 2 N–H and O–H groups in total. The van der Waals surface area contributed by atoms with Gasteiger partial charge in [-0.3, -0.25) is 0 Å². The Bertz CT molecular complexity index is 483. The Balaban J connectivity index is 2.07. The van der Waals surface area contributed by atoms with Crippen LogP contribution in [0, 0.1) is 0 Å². The van der Waals surface area contributed by atoms with Crippen LogP contribution in [0.25, 0.3) is 0 Å². The third kappa shape index (κ3) is 4.08. The number of furan rings is 1. The van der Waals surface area contributed by atoms with E-state index in [0.717, 1.165) is 27.8 Å². The van der Waals surface area contributed by atoms with Crippen LogP contribution in [-0.2, 0) is 0 Å². The van der Waals surface area contributed by atoms with Crippen LogP contribution >= 0.6 is 22.9 Å². The molecule has 0 fully saturated rings. The summed E-state index contributed by atoms with van der Waals surface area (Å²) < 4.78 is 6.22. The van der Waals surface area contributed by atoms with Crippen LogP contribution in [0.4, 0.5) is 0 Å². The molecule has 0 amide bonds. The van der Waals surface area contributed by atoms with Crippen LogP contribution in [0.15, 0.2) is 34.9 Å². The topological polar surface area (TPSA) is 45.4 Å². The minimum Gasteiger partial charge on any atom is -0.467 e. The summed E-state index contributed by atoms with van der Waals surface area (Å²) in [5, 5.41) is 13.2. The third-order valence-corrected chi connectivity index (χ3v) is 4.18. The molecule has 19 heavy (non-hydrogen) atoms. The van der Waals surface area contributed by atoms with Gasteiger partial charge in [0, 0.05) is 11.4 Å². The second kappa shape index (κ2) is 7.10. The van der Waals surface area contributed by atoms with Gasteiger partial charge < -0.3 is 14.8 Å². The first-order chi connectivity index (χ1) is 9.20. The molecule has 0 aromatic carbocycles. The summed E-state index contributed by atoms with van der Waals surface area (Å²) in [6.45, 7) is 2.60. The van der Waals surface area contributed by atoms with Crippen LogP contribution in [0.1, 0.15) is 36.4 Å². The molecule has 0 saturated carbocycles. The van der Waals surface area contributed by atoms with Crippen LogP contribution in [-0.4, -0.2) is 17.8 Å². The van der Waals surface area contributed by atoms with E-state index in [4.69, 9.17) is 16.0 Å². The number of hydrogen-bond acceptors (Lipinski definition) is 4. The monoisotopic (exact) mass is 299 g/mol. The molecule has 0 bridgehead atoms. The van der Waals surface area contributed by atoms with Gasteiger partial charge in [0.2, 0.25) is 0 Å². The Kier molecular flexibility index (Phi) is 5.45. The summed E-state index contributed by atoms with van der Waals surface area (Å²) in [7, 11) is 0. The van der Waals surface area contributed by atoms with Gasteiger partial charge in [0.25, 0.3) is 0 Å². The highest BCUT2D eigenvalue weighted by Gasteiger charge is 2.19. The van der Waals surface area contributed by atoms with E-state index in [9.17, 15) is 5.11 Å². The summed E-state index contributed by atoms with van der Waals surface area (Å²) in [5.74, 6) is 0.835.